The summed E-state index contributed by atoms with van der Waals surface area (Å²) in [6.07, 6.45) is -0.761. The third-order valence-electron chi connectivity index (χ3n) is 3.30. The zero-order valence-corrected chi connectivity index (χ0v) is 15.0. The summed E-state index contributed by atoms with van der Waals surface area (Å²) in [4.78, 5) is 24.0. The lowest BCUT2D eigenvalue weighted by Crippen LogP contribution is -2.30. The molecule has 6 heteroatoms. The third kappa shape index (κ3) is 5.38. The second kappa shape index (κ2) is 8.49. The van der Waals surface area contributed by atoms with Crippen LogP contribution in [0.1, 0.15) is 12.5 Å². The lowest BCUT2D eigenvalue weighted by molar-refractivity contribution is -0.152. The van der Waals surface area contributed by atoms with Gasteiger partial charge in [0, 0.05) is 10.2 Å². The lowest BCUT2D eigenvalue weighted by Gasteiger charge is -2.14. The van der Waals surface area contributed by atoms with Gasteiger partial charge in [0.25, 0.3) is 5.91 Å². The monoisotopic (exact) mass is 391 g/mol. The van der Waals surface area contributed by atoms with Gasteiger partial charge in [-0.05, 0) is 48.9 Å². The van der Waals surface area contributed by atoms with Gasteiger partial charge < -0.3 is 14.8 Å². The lowest BCUT2D eigenvalue weighted by atomic mass is 10.1. The van der Waals surface area contributed by atoms with Crippen molar-refractivity contribution in [2.45, 2.75) is 19.4 Å². The molecule has 0 bridgehead atoms. The predicted molar refractivity (Wildman–Crippen MR) is 95.0 cm³/mol. The van der Waals surface area contributed by atoms with Crippen LogP contribution in [0.3, 0.4) is 0 Å². The van der Waals surface area contributed by atoms with Crippen molar-refractivity contribution >= 4 is 33.5 Å². The summed E-state index contributed by atoms with van der Waals surface area (Å²) in [6.45, 7) is 1.54. The number of carbonyl (C=O) groups is 2. The van der Waals surface area contributed by atoms with Crippen LogP contribution in [0.25, 0.3) is 0 Å². The number of halogens is 1. The first-order valence-electron chi connectivity index (χ1n) is 7.37. The molecule has 1 N–H and O–H groups in total. The Kier molecular flexibility index (Phi) is 6.37. The molecule has 24 heavy (non-hydrogen) atoms. The van der Waals surface area contributed by atoms with E-state index in [9.17, 15) is 9.59 Å². The Morgan fingerprint density at radius 1 is 1.08 bits per heavy atom. The van der Waals surface area contributed by atoms with Crippen molar-refractivity contribution in [2.75, 3.05) is 12.4 Å². The summed E-state index contributed by atoms with van der Waals surface area (Å²) in [5.74, 6) is -0.138. The fourth-order valence-corrected chi connectivity index (χ4v) is 2.24. The van der Waals surface area contributed by atoms with E-state index in [-0.39, 0.29) is 12.3 Å². The number of anilines is 1. The molecular weight excluding hydrogens is 374 g/mol. The maximum absolute atomic E-state index is 12.1. The van der Waals surface area contributed by atoms with Crippen molar-refractivity contribution in [1.29, 1.82) is 0 Å². The second-order valence-electron chi connectivity index (χ2n) is 5.15. The van der Waals surface area contributed by atoms with E-state index in [1.54, 1.807) is 38.3 Å². The Morgan fingerprint density at radius 2 is 1.71 bits per heavy atom. The number of hydrogen-bond acceptors (Lipinski definition) is 4. The molecule has 0 heterocycles. The number of hydrogen-bond donors (Lipinski definition) is 1. The van der Waals surface area contributed by atoms with Crippen LogP contribution in [-0.2, 0) is 20.7 Å². The first-order valence-corrected chi connectivity index (χ1v) is 8.16. The highest BCUT2D eigenvalue weighted by molar-refractivity contribution is 9.10. The number of benzene rings is 2. The van der Waals surface area contributed by atoms with Crippen LogP contribution >= 0.6 is 15.9 Å². The summed E-state index contributed by atoms with van der Waals surface area (Å²) in [5.41, 5.74) is 1.43. The second-order valence-corrected chi connectivity index (χ2v) is 6.07. The number of nitrogens with one attached hydrogen (secondary N) is 1. The average molecular weight is 392 g/mol. The molecule has 2 aromatic rings. The summed E-state index contributed by atoms with van der Waals surface area (Å²) in [7, 11) is 1.57. The Bertz CT molecular complexity index is 698. The van der Waals surface area contributed by atoms with Crippen molar-refractivity contribution in [3.63, 3.8) is 0 Å². The molecule has 1 atom stereocenters. The summed E-state index contributed by atoms with van der Waals surface area (Å²) in [5, 5.41) is 2.69. The van der Waals surface area contributed by atoms with Gasteiger partial charge in [-0.1, -0.05) is 28.1 Å². The van der Waals surface area contributed by atoms with Crippen molar-refractivity contribution in [2.24, 2.45) is 0 Å². The molecule has 5 nitrogen and oxygen atoms in total. The van der Waals surface area contributed by atoms with Crippen molar-refractivity contribution in [1.82, 2.24) is 0 Å². The molecule has 0 aliphatic rings. The number of esters is 1. The summed E-state index contributed by atoms with van der Waals surface area (Å²) >= 11 is 3.33. The Labute approximate surface area is 149 Å². The maximum Gasteiger partial charge on any atom is 0.311 e. The van der Waals surface area contributed by atoms with Crippen molar-refractivity contribution in [3.8, 4) is 5.75 Å². The molecule has 0 aliphatic carbocycles. The van der Waals surface area contributed by atoms with Gasteiger partial charge >= 0.3 is 5.97 Å². The first kappa shape index (κ1) is 18.0. The molecule has 0 saturated heterocycles. The molecule has 1 amide bonds. The van der Waals surface area contributed by atoms with E-state index in [0.717, 1.165) is 10.0 Å². The molecule has 0 saturated carbocycles. The van der Waals surface area contributed by atoms with E-state index < -0.39 is 12.1 Å². The Morgan fingerprint density at radius 3 is 2.29 bits per heavy atom. The Hall–Kier alpha value is -2.34. The van der Waals surface area contributed by atoms with E-state index >= 15 is 0 Å². The van der Waals surface area contributed by atoms with Crippen LogP contribution in [0.15, 0.2) is 53.0 Å². The molecule has 1 unspecified atom stereocenters. The van der Waals surface area contributed by atoms with Gasteiger partial charge in [0.05, 0.1) is 13.5 Å². The van der Waals surface area contributed by atoms with E-state index in [2.05, 4.69) is 21.2 Å². The molecule has 126 valence electrons. The van der Waals surface area contributed by atoms with Crippen LogP contribution < -0.4 is 10.1 Å². The topological polar surface area (TPSA) is 64.6 Å². The molecule has 2 rings (SSSR count). The normalized spacial score (nSPS) is 11.5. The van der Waals surface area contributed by atoms with Crippen LogP contribution in [0.2, 0.25) is 0 Å². The minimum absolute atomic E-state index is 0.118. The molecule has 0 aliphatic heterocycles. The fourth-order valence-electron chi connectivity index (χ4n) is 1.98. The molecule has 0 radical (unpaired) electrons. The fraction of sp³-hybridized carbons (Fsp3) is 0.222. The predicted octanol–water partition coefficient (Wildman–Crippen LogP) is 3.57. The quantitative estimate of drug-likeness (QED) is 0.764. The molecule has 0 aromatic heterocycles. The zero-order valence-electron chi connectivity index (χ0n) is 13.4. The minimum Gasteiger partial charge on any atom is -0.497 e. The number of amides is 1. The number of carbonyl (C=O) groups excluding carboxylic acids is 2. The molecule has 0 fully saturated rings. The average Bonchev–Trinajstić information content (AvgIpc) is 2.57. The van der Waals surface area contributed by atoms with Gasteiger partial charge in [-0.3, -0.25) is 9.59 Å². The van der Waals surface area contributed by atoms with Crippen LogP contribution in [-0.4, -0.2) is 25.1 Å². The molecule has 0 spiro atoms. The van der Waals surface area contributed by atoms with Gasteiger partial charge in [0.1, 0.15) is 5.75 Å². The molecular formula is C18H18BrNO4. The smallest absolute Gasteiger partial charge is 0.311 e. The highest BCUT2D eigenvalue weighted by atomic mass is 79.9. The summed E-state index contributed by atoms with van der Waals surface area (Å²) < 4.78 is 11.2. The zero-order chi connectivity index (χ0) is 17.5. The molecule has 2 aromatic carbocycles. The van der Waals surface area contributed by atoms with Crippen molar-refractivity contribution < 1.29 is 19.1 Å². The van der Waals surface area contributed by atoms with E-state index in [4.69, 9.17) is 9.47 Å². The van der Waals surface area contributed by atoms with Gasteiger partial charge in [-0.15, -0.1) is 0 Å². The first-order chi connectivity index (χ1) is 11.5. The Balaban J connectivity index is 1.85. The number of methoxy groups -OCH3 is 1. The standard InChI is InChI=1S/C18H18BrNO4/c1-12(18(22)20-15-7-9-16(23-2)10-8-15)24-17(21)11-13-3-5-14(19)6-4-13/h3-10,12H,11H2,1-2H3,(H,20,22). The minimum atomic E-state index is -0.880. The third-order valence-corrected chi connectivity index (χ3v) is 3.83. The summed E-state index contributed by atoms with van der Waals surface area (Å²) in [6, 6.07) is 14.3. The van der Waals surface area contributed by atoms with Crippen LogP contribution in [0.5, 0.6) is 5.75 Å². The van der Waals surface area contributed by atoms with E-state index in [0.29, 0.717) is 11.4 Å². The van der Waals surface area contributed by atoms with Crippen LogP contribution in [0, 0.1) is 0 Å². The van der Waals surface area contributed by atoms with Gasteiger partial charge in [0.2, 0.25) is 0 Å². The van der Waals surface area contributed by atoms with Crippen molar-refractivity contribution in [3.05, 3.63) is 58.6 Å². The van der Waals surface area contributed by atoms with Gasteiger partial charge in [0.15, 0.2) is 6.10 Å². The SMILES string of the molecule is COc1ccc(NC(=O)C(C)OC(=O)Cc2ccc(Br)cc2)cc1. The van der Waals surface area contributed by atoms with Gasteiger partial charge in [-0.2, -0.15) is 0 Å². The highest BCUT2D eigenvalue weighted by Gasteiger charge is 2.18. The maximum atomic E-state index is 12.1. The largest absolute Gasteiger partial charge is 0.497 e. The van der Waals surface area contributed by atoms with E-state index in [1.165, 1.54) is 0 Å². The number of rotatable bonds is 6. The van der Waals surface area contributed by atoms with E-state index in [1.807, 2.05) is 24.3 Å². The highest BCUT2D eigenvalue weighted by Crippen LogP contribution is 2.16. The number of ether oxygens (including phenoxy) is 2. The van der Waals surface area contributed by atoms with Gasteiger partial charge in [-0.25, -0.2) is 0 Å². The van der Waals surface area contributed by atoms with Crippen LogP contribution in [0.4, 0.5) is 5.69 Å².